The second-order valence-electron chi connectivity index (χ2n) is 6.32. The number of aromatic nitrogens is 3. The smallest absolute Gasteiger partial charge is 0.333 e. The Balaban J connectivity index is 2.00. The van der Waals surface area contributed by atoms with Gasteiger partial charge in [-0.2, -0.15) is 0 Å². The van der Waals surface area contributed by atoms with E-state index >= 15 is 0 Å². The summed E-state index contributed by atoms with van der Waals surface area (Å²) >= 11 is 0. The third-order valence-corrected chi connectivity index (χ3v) is 4.61. The molecule has 1 aromatic carbocycles. The van der Waals surface area contributed by atoms with E-state index in [0.717, 1.165) is 31.8 Å². The summed E-state index contributed by atoms with van der Waals surface area (Å²) in [6.45, 7) is 0. The fourth-order valence-corrected chi connectivity index (χ4v) is 2.98. The minimum Gasteiger partial charge on any atom is -0.494 e. The number of nitrogens with zero attached hydrogens (tertiary/aromatic N) is 3. The minimum atomic E-state index is -0.925. The molecule has 0 spiro atoms. The maximum atomic E-state index is 12.3. The van der Waals surface area contributed by atoms with Gasteiger partial charge in [-0.1, -0.05) is 18.2 Å². The Kier molecular flexibility index (Phi) is 5.16. The first-order chi connectivity index (χ1) is 13.3. The first-order valence-electron chi connectivity index (χ1n) is 8.50. The molecule has 0 bridgehead atoms. The van der Waals surface area contributed by atoms with Crippen molar-refractivity contribution in [2.24, 2.45) is 19.1 Å². The highest BCUT2D eigenvalue weighted by molar-refractivity contribution is 5.87. The zero-order valence-corrected chi connectivity index (χ0v) is 15.7. The SMILES string of the molecule is COC(=O)[C@@H](Cc1c[nH]c2ccccc12)N=Cc1c(O)n(C)c(=O)n(C)c1=O. The molecular weight excluding hydrogens is 364 g/mol. The lowest BCUT2D eigenvalue weighted by molar-refractivity contribution is -0.142. The Labute approximate surface area is 159 Å². The molecule has 0 aliphatic heterocycles. The molecular formula is C19H20N4O5. The summed E-state index contributed by atoms with van der Waals surface area (Å²) in [6, 6.07) is 6.71. The van der Waals surface area contributed by atoms with Gasteiger partial charge < -0.3 is 14.8 Å². The molecule has 2 heterocycles. The van der Waals surface area contributed by atoms with Crippen molar-refractivity contribution in [3.8, 4) is 5.88 Å². The summed E-state index contributed by atoms with van der Waals surface area (Å²) in [6.07, 6.45) is 3.13. The van der Waals surface area contributed by atoms with Crippen LogP contribution in [0.15, 0.2) is 45.0 Å². The molecule has 3 rings (SSSR count). The van der Waals surface area contributed by atoms with Crippen molar-refractivity contribution in [1.29, 1.82) is 0 Å². The molecule has 9 nitrogen and oxygen atoms in total. The van der Waals surface area contributed by atoms with Gasteiger partial charge in [0, 0.05) is 43.8 Å². The van der Waals surface area contributed by atoms with Crippen LogP contribution in [-0.2, 0) is 30.0 Å². The average Bonchev–Trinajstić information content (AvgIpc) is 3.12. The van der Waals surface area contributed by atoms with E-state index in [0.29, 0.717) is 0 Å². The summed E-state index contributed by atoms with van der Waals surface area (Å²) in [4.78, 5) is 43.6. The topological polar surface area (TPSA) is 119 Å². The maximum absolute atomic E-state index is 12.3. The number of carbonyl (C=O) groups excluding carboxylic acids is 1. The summed E-state index contributed by atoms with van der Waals surface area (Å²) in [5.74, 6) is -1.10. The third kappa shape index (κ3) is 3.34. The van der Waals surface area contributed by atoms with E-state index in [9.17, 15) is 19.5 Å². The Bertz CT molecular complexity index is 1190. The third-order valence-electron chi connectivity index (χ3n) is 4.61. The molecule has 0 amide bonds. The van der Waals surface area contributed by atoms with Crippen molar-refractivity contribution in [3.63, 3.8) is 0 Å². The molecule has 0 saturated carbocycles. The highest BCUT2D eigenvalue weighted by Crippen LogP contribution is 2.20. The van der Waals surface area contributed by atoms with E-state index in [1.165, 1.54) is 21.2 Å². The lowest BCUT2D eigenvalue weighted by atomic mass is 10.1. The summed E-state index contributed by atoms with van der Waals surface area (Å²) < 4.78 is 6.61. The van der Waals surface area contributed by atoms with E-state index in [2.05, 4.69) is 9.98 Å². The van der Waals surface area contributed by atoms with Gasteiger partial charge in [-0.05, 0) is 11.6 Å². The van der Waals surface area contributed by atoms with Gasteiger partial charge >= 0.3 is 11.7 Å². The number of para-hydroxylation sites is 1. The number of nitrogens with one attached hydrogen (secondary N) is 1. The number of hydrogen-bond donors (Lipinski definition) is 2. The van der Waals surface area contributed by atoms with Gasteiger partial charge in [0.15, 0.2) is 6.04 Å². The van der Waals surface area contributed by atoms with Crippen LogP contribution < -0.4 is 11.2 Å². The van der Waals surface area contributed by atoms with Crippen LogP contribution in [0.3, 0.4) is 0 Å². The number of aliphatic imine (C=N–C) groups is 1. The molecule has 0 radical (unpaired) electrons. The van der Waals surface area contributed by atoms with Gasteiger partial charge in [0.1, 0.15) is 5.56 Å². The molecule has 0 aliphatic carbocycles. The quantitative estimate of drug-likeness (QED) is 0.490. The van der Waals surface area contributed by atoms with Gasteiger partial charge in [-0.15, -0.1) is 0 Å². The number of esters is 1. The zero-order chi connectivity index (χ0) is 20.4. The first kappa shape index (κ1) is 19.2. The Morgan fingerprint density at radius 3 is 2.71 bits per heavy atom. The van der Waals surface area contributed by atoms with Crippen molar-refractivity contribution in [3.05, 3.63) is 62.4 Å². The monoisotopic (exact) mass is 384 g/mol. The number of fused-ring (bicyclic) bond motifs is 1. The van der Waals surface area contributed by atoms with Crippen molar-refractivity contribution in [2.45, 2.75) is 12.5 Å². The number of benzene rings is 1. The van der Waals surface area contributed by atoms with Crippen molar-refractivity contribution in [2.75, 3.05) is 7.11 Å². The average molecular weight is 384 g/mol. The van der Waals surface area contributed by atoms with Crippen LogP contribution in [-0.4, -0.2) is 44.6 Å². The second kappa shape index (κ2) is 7.55. The van der Waals surface area contributed by atoms with Crippen LogP contribution in [0.1, 0.15) is 11.1 Å². The number of hydrogen-bond acceptors (Lipinski definition) is 6. The maximum Gasteiger partial charge on any atom is 0.333 e. The van der Waals surface area contributed by atoms with Gasteiger partial charge in [0.2, 0.25) is 5.88 Å². The number of methoxy groups -OCH3 is 1. The largest absolute Gasteiger partial charge is 0.494 e. The second-order valence-corrected chi connectivity index (χ2v) is 6.32. The van der Waals surface area contributed by atoms with Crippen LogP contribution in [0.4, 0.5) is 0 Å². The molecule has 0 fully saturated rings. The molecule has 2 aromatic heterocycles. The number of rotatable bonds is 5. The highest BCUT2D eigenvalue weighted by Gasteiger charge is 2.21. The summed E-state index contributed by atoms with van der Waals surface area (Å²) in [5, 5.41) is 11.1. The number of aromatic hydroxyl groups is 1. The van der Waals surface area contributed by atoms with E-state index in [1.54, 1.807) is 6.20 Å². The highest BCUT2D eigenvalue weighted by atomic mass is 16.5. The van der Waals surface area contributed by atoms with Gasteiger partial charge in [0.25, 0.3) is 5.56 Å². The molecule has 1 atom stereocenters. The Morgan fingerprint density at radius 2 is 2.00 bits per heavy atom. The van der Waals surface area contributed by atoms with Crippen molar-refractivity contribution in [1.82, 2.24) is 14.1 Å². The predicted octanol–water partition coefficient (Wildman–Crippen LogP) is 0.474. The molecule has 146 valence electrons. The molecule has 0 unspecified atom stereocenters. The van der Waals surface area contributed by atoms with Gasteiger partial charge in [-0.3, -0.25) is 18.9 Å². The van der Waals surface area contributed by atoms with Crippen LogP contribution in [0.5, 0.6) is 5.88 Å². The zero-order valence-electron chi connectivity index (χ0n) is 15.7. The summed E-state index contributed by atoms with van der Waals surface area (Å²) in [7, 11) is 3.88. The normalized spacial score (nSPS) is 12.5. The number of ether oxygens (including phenoxy) is 1. The van der Waals surface area contributed by atoms with E-state index in [4.69, 9.17) is 4.74 Å². The molecule has 0 saturated heterocycles. The number of carbonyl (C=O) groups is 1. The number of H-pyrrole nitrogens is 1. The van der Waals surface area contributed by atoms with Crippen molar-refractivity contribution < 1.29 is 14.6 Å². The molecule has 9 heteroatoms. The Hall–Kier alpha value is -3.62. The molecule has 3 aromatic rings. The van der Waals surface area contributed by atoms with E-state index in [1.807, 2.05) is 24.3 Å². The first-order valence-corrected chi connectivity index (χ1v) is 8.50. The van der Waals surface area contributed by atoms with Gasteiger partial charge in [-0.25, -0.2) is 9.59 Å². The van der Waals surface area contributed by atoms with Gasteiger partial charge in [0.05, 0.1) is 7.11 Å². The number of aromatic amines is 1. The van der Waals surface area contributed by atoms with Crippen LogP contribution in [0.2, 0.25) is 0 Å². The van der Waals surface area contributed by atoms with Crippen molar-refractivity contribution >= 4 is 23.1 Å². The standard InChI is InChI=1S/C19H20N4O5/c1-22-16(24)13(17(25)23(2)19(22)27)10-21-15(18(26)28-3)8-11-9-20-14-7-5-4-6-12(11)14/h4-7,9-10,15,20,24H,8H2,1-3H3/t15-/m1/s1. The minimum absolute atomic E-state index is 0.183. The fourth-order valence-electron chi connectivity index (χ4n) is 2.98. The lowest BCUT2D eigenvalue weighted by Crippen LogP contribution is -2.38. The predicted molar refractivity (Wildman–Crippen MR) is 104 cm³/mol. The van der Waals surface area contributed by atoms with Crippen LogP contribution in [0, 0.1) is 0 Å². The lowest BCUT2D eigenvalue weighted by Gasteiger charge is -2.11. The van der Waals surface area contributed by atoms with E-state index in [-0.39, 0.29) is 12.0 Å². The van der Waals surface area contributed by atoms with Crippen LogP contribution in [0.25, 0.3) is 10.9 Å². The molecule has 28 heavy (non-hydrogen) atoms. The fraction of sp³-hybridized carbons (Fsp3) is 0.263. The van der Waals surface area contributed by atoms with Crippen LogP contribution >= 0.6 is 0 Å². The van der Waals surface area contributed by atoms with E-state index < -0.39 is 29.1 Å². The molecule has 0 aliphatic rings. The summed E-state index contributed by atoms with van der Waals surface area (Å²) in [5.41, 5.74) is 0.232. The molecule has 2 N–H and O–H groups in total. The Morgan fingerprint density at radius 1 is 1.29 bits per heavy atom.